The van der Waals surface area contributed by atoms with Crippen LogP contribution in [-0.4, -0.2) is 43.2 Å². The molecule has 3 heterocycles. The average Bonchev–Trinajstić information content (AvgIpc) is 3.26. The molecule has 2 aliphatic rings. The highest BCUT2D eigenvalue weighted by atomic mass is 16.1. The van der Waals surface area contributed by atoms with E-state index in [0.29, 0.717) is 6.04 Å². The number of hydrogen-bond donors (Lipinski definition) is 1. The molecule has 0 bridgehead atoms. The maximum atomic E-state index is 13.4. The van der Waals surface area contributed by atoms with E-state index in [0.717, 1.165) is 66.6 Å². The number of benzene rings is 1. The van der Waals surface area contributed by atoms with Gasteiger partial charge in [-0.05, 0) is 86.1 Å². The minimum absolute atomic E-state index is 0.0341. The van der Waals surface area contributed by atoms with Gasteiger partial charge in [-0.25, -0.2) is 4.68 Å². The SMILES string of the molecule is Cc1cc(C)c2[nH]c(=O)c([C@H](c3nnnn3C3CCCCC3)N3CCCCC3)cc2c1. The molecule has 31 heavy (non-hydrogen) atoms. The number of aromatic amines is 1. The fraction of sp³-hybridized carbons (Fsp3) is 0.583. The minimum Gasteiger partial charge on any atom is -0.321 e. The van der Waals surface area contributed by atoms with Gasteiger partial charge in [0.15, 0.2) is 5.82 Å². The lowest BCUT2D eigenvalue weighted by Gasteiger charge is -2.34. The number of aryl methyl sites for hydroxylation is 2. The van der Waals surface area contributed by atoms with Crippen molar-refractivity contribution in [1.29, 1.82) is 0 Å². The van der Waals surface area contributed by atoms with Gasteiger partial charge >= 0.3 is 0 Å². The summed E-state index contributed by atoms with van der Waals surface area (Å²) < 4.78 is 2.03. The number of nitrogens with one attached hydrogen (secondary N) is 1. The third-order valence-electron chi connectivity index (χ3n) is 7.06. The van der Waals surface area contributed by atoms with Crippen LogP contribution in [-0.2, 0) is 0 Å². The predicted octanol–water partition coefficient (Wildman–Crippen LogP) is 4.21. The van der Waals surface area contributed by atoms with Crippen molar-refractivity contribution in [2.75, 3.05) is 13.1 Å². The summed E-state index contributed by atoms with van der Waals surface area (Å²) in [5.74, 6) is 0.822. The molecular weight excluding hydrogens is 388 g/mol. The number of aromatic nitrogens is 5. The molecular formula is C24H32N6O. The van der Waals surface area contributed by atoms with Gasteiger partial charge in [0, 0.05) is 5.56 Å². The fourth-order valence-electron chi connectivity index (χ4n) is 5.55. The van der Waals surface area contributed by atoms with Gasteiger partial charge in [0.25, 0.3) is 5.56 Å². The monoisotopic (exact) mass is 420 g/mol. The van der Waals surface area contributed by atoms with Crippen molar-refractivity contribution in [1.82, 2.24) is 30.1 Å². The fourth-order valence-corrected chi connectivity index (χ4v) is 5.55. The maximum absolute atomic E-state index is 13.4. The molecule has 1 saturated heterocycles. The zero-order chi connectivity index (χ0) is 21.4. The third-order valence-corrected chi connectivity index (χ3v) is 7.06. The van der Waals surface area contributed by atoms with Gasteiger partial charge in [-0.2, -0.15) is 0 Å². The zero-order valence-corrected chi connectivity index (χ0v) is 18.6. The van der Waals surface area contributed by atoms with E-state index in [1.54, 1.807) is 0 Å². The van der Waals surface area contributed by atoms with Crippen LogP contribution in [0, 0.1) is 13.8 Å². The Labute approximate surface area is 182 Å². The van der Waals surface area contributed by atoms with Crippen LogP contribution in [0.15, 0.2) is 23.0 Å². The number of fused-ring (bicyclic) bond motifs is 1. The molecule has 1 aliphatic carbocycles. The molecule has 2 fully saturated rings. The van der Waals surface area contributed by atoms with Crippen LogP contribution in [0.25, 0.3) is 10.9 Å². The van der Waals surface area contributed by atoms with Crippen molar-refractivity contribution in [3.8, 4) is 0 Å². The maximum Gasteiger partial charge on any atom is 0.253 e. The Morgan fingerprint density at radius 3 is 2.52 bits per heavy atom. The summed E-state index contributed by atoms with van der Waals surface area (Å²) in [6.45, 7) is 6.08. The molecule has 7 nitrogen and oxygen atoms in total. The summed E-state index contributed by atoms with van der Waals surface area (Å²) in [7, 11) is 0. The smallest absolute Gasteiger partial charge is 0.253 e. The molecule has 3 aromatic rings. The van der Waals surface area contributed by atoms with Gasteiger partial charge in [0.1, 0.15) is 6.04 Å². The average molecular weight is 421 g/mol. The van der Waals surface area contributed by atoms with E-state index in [-0.39, 0.29) is 11.6 Å². The van der Waals surface area contributed by atoms with Crippen molar-refractivity contribution >= 4 is 10.9 Å². The third kappa shape index (κ3) is 3.91. The molecule has 0 radical (unpaired) electrons. The van der Waals surface area contributed by atoms with Crippen molar-refractivity contribution < 1.29 is 0 Å². The van der Waals surface area contributed by atoms with Crippen LogP contribution in [0.5, 0.6) is 0 Å². The Morgan fingerprint density at radius 2 is 1.74 bits per heavy atom. The first-order chi connectivity index (χ1) is 15.1. The van der Waals surface area contributed by atoms with E-state index in [1.165, 1.54) is 31.2 Å². The number of rotatable bonds is 4. The molecule has 7 heteroatoms. The number of hydrogen-bond acceptors (Lipinski definition) is 5. The van der Waals surface area contributed by atoms with Crippen LogP contribution in [0.3, 0.4) is 0 Å². The molecule has 1 aromatic carbocycles. The number of pyridine rings is 1. The van der Waals surface area contributed by atoms with Gasteiger partial charge < -0.3 is 4.98 Å². The Bertz CT molecular complexity index is 1120. The minimum atomic E-state index is -0.216. The molecule has 164 valence electrons. The highest BCUT2D eigenvalue weighted by Crippen LogP contribution is 2.34. The largest absolute Gasteiger partial charge is 0.321 e. The van der Waals surface area contributed by atoms with Gasteiger partial charge in [0.05, 0.1) is 11.6 Å². The van der Waals surface area contributed by atoms with Gasteiger partial charge in [-0.15, -0.1) is 5.10 Å². The van der Waals surface area contributed by atoms with Crippen LogP contribution in [0.2, 0.25) is 0 Å². The Kier molecular flexibility index (Phi) is 5.61. The zero-order valence-electron chi connectivity index (χ0n) is 18.6. The number of piperidine rings is 1. The van der Waals surface area contributed by atoms with Crippen molar-refractivity contribution in [2.45, 2.75) is 77.3 Å². The summed E-state index contributed by atoms with van der Waals surface area (Å²) in [6.07, 6.45) is 9.46. The first-order valence-corrected chi connectivity index (χ1v) is 11.8. The lowest BCUT2D eigenvalue weighted by atomic mass is 9.94. The van der Waals surface area contributed by atoms with Gasteiger partial charge in [-0.1, -0.05) is 37.3 Å². The van der Waals surface area contributed by atoms with E-state index in [4.69, 9.17) is 0 Å². The predicted molar refractivity (Wildman–Crippen MR) is 121 cm³/mol. The lowest BCUT2D eigenvalue weighted by Crippen LogP contribution is -2.39. The van der Waals surface area contributed by atoms with Gasteiger partial charge in [0.2, 0.25) is 0 Å². The second-order valence-corrected chi connectivity index (χ2v) is 9.37. The molecule has 0 unspecified atom stereocenters. The molecule has 0 amide bonds. The Hall–Kier alpha value is -2.54. The van der Waals surface area contributed by atoms with Gasteiger partial charge in [-0.3, -0.25) is 9.69 Å². The summed E-state index contributed by atoms with van der Waals surface area (Å²) in [5.41, 5.74) is 3.94. The summed E-state index contributed by atoms with van der Waals surface area (Å²) in [4.78, 5) is 19.0. The Balaban J connectivity index is 1.65. The molecule has 1 aliphatic heterocycles. The van der Waals surface area contributed by atoms with Crippen LogP contribution < -0.4 is 5.56 Å². The molecule has 1 atom stereocenters. The molecule has 0 spiro atoms. The summed E-state index contributed by atoms with van der Waals surface area (Å²) in [6, 6.07) is 6.46. The Morgan fingerprint density at radius 1 is 1.00 bits per heavy atom. The van der Waals surface area contributed by atoms with E-state index in [2.05, 4.69) is 57.5 Å². The second kappa shape index (κ2) is 8.54. The number of tetrazole rings is 1. The van der Waals surface area contributed by atoms with Crippen molar-refractivity contribution in [3.63, 3.8) is 0 Å². The number of likely N-dealkylation sites (tertiary alicyclic amines) is 1. The first-order valence-electron chi connectivity index (χ1n) is 11.8. The van der Waals surface area contributed by atoms with E-state index >= 15 is 0 Å². The second-order valence-electron chi connectivity index (χ2n) is 9.37. The molecule has 5 rings (SSSR count). The number of H-pyrrole nitrogens is 1. The van der Waals surface area contributed by atoms with Crippen LogP contribution in [0.1, 0.15) is 86.0 Å². The standard InChI is InChI=1S/C24H32N6O/c1-16-13-17(2)21-18(14-16)15-20(24(31)25-21)22(29-11-7-4-8-12-29)23-26-27-28-30(23)19-9-5-3-6-10-19/h13-15,19,22H,3-12H2,1-2H3,(H,25,31)/t22-/m1/s1. The molecule has 1 N–H and O–H groups in total. The lowest BCUT2D eigenvalue weighted by molar-refractivity contribution is 0.171. The van der Waals surface area contributed by atoms with E-state index in [1.807, 2.05) is 4.68 Å². The van der Waals surface area contributed by atoms with Crippen molar-refractivity contribution in [3.05, 3.63) is 51.1 Å². The highest BCUT2D eigenvalue weighted by Gasteiger charge is 2.33. The number of nitrogens with zero attached hydrogens (tertiary/aromatic N) is 5. The highest BCUT2D eigenvalue weighted by molar-refractivity contribution is 5.83. The van der Waals surface area contributed by atoms with Crippen LogP contribution >= 0.6 is 0 Å². The summed E-state index contributed by atoms with van der Waals surface area (Å²) in [5, 5.41) is 14.1. The van der Waals surface area contributed by atoms with Crippen molar-refractivity contribution in [2.24, 2.45) is 0 Å². The quantitative estimate of drug-likeness (QED) is 0.684. The topological polar surface area (TPSA) is 79.7 Å². The van der Waals surface area contributed by atoms with E-state index < -0.39 is 0 Å². The first kappa shape index (κ1) is 20.4. The normalized spacial score (nSPS) is 19.7. The van der Waals surface area contributed by atoms with Crippen LogP contribution in [0.4, 0.5) is 0 Å². The molecule has 2 aromatic heterocycles. The molecule has 1 saturated carbocycles. The summed E-state index contributed by atoms with van der Waals surface area (Å²) >= 11 is 0. The van der Waals surface area contributed by atoms with E-state index in [9.17, 15) is 4.79 Å².